The molecule has 0 N–H and O–H groups in total. The number of rotatable bonds is 2. The molecular formula is C15H12ClNO. The highest BCUT2D eigenvalue weighted by Gasteiger charge is 2.34. The first-order chi connectivity index (χ1) is 8.77. The van der Waals surface area contributed by atoms with Gasteiger partial charge < -0.3 is 4.90 Å². The molecule has 1 heterocycles. The van der Waals surface area contributed by atoms with E-state index in [1.54, 1.807) is 4.90 Å². The molecule has 1 aliphatic rings. The van der Waals surface area contributed by atoms with Crippen molar-refractivity contribution in [3.8, 4) is 0 Å². The fourth-order valence-corrected chi connectivity index (χ4v) is 2.61. The van der Waals surface area contributed by atoms with Crippen molar-refractivity contribution in [3.05, 3.63) is 71.3 Å². The van der Waals surface area contributed by atoms with Crippen molar-refractivity contribution < 1.29 is 4.79 Å². The van der Waals surface area contributed by atoms with Crippen molar-refractivity contribution >= 4 is 17.5 Å². The summed E-state index contributed by atoms with van der Waals surface area (Å²) in [6.45, 7) is 0.544. The summed E-state index contributed by atoms with van der Waals surface area (Å²) in [5.74, 6) is 0.00875. The summed E-state index contributed by atoms with van der Waals surface area (Å²) in [7, 11) is 0. The Hall–Kier alpha value is -1.80. The summed E-state index contributed by atoms with van der Waals surface area (Å²) >= 11 is 6.36. The normalized spacial score (nSPS) is 17.9. The maximum absolute atomic E-state index is 12.3. The monoisotopic (exact) mass is 257 g/mol. The highest BCUT2D eigenvalue weighted by atomic mass is 35.5. The van der Waals surface area contributed by atoms with Gasteiger partial charge in [-0.05, 0) is 11.6 Å². The van der Waals surface area contributed by atoms with Crippen LogP contribution < -0.4 is 0 Å². The van der Waals surface area contributed by atoms with Crippen LogP contribution in [0, 0.1) is 0 Å². The minimum absolute atomic E-state index is 0.00875. The first-order valence-electron chi connectivity index (χ1n) is 5.85. The molecule has 1 amide bonds. The van der Waals surface area contributed by atoms with Crippen LogP contribution in [0.15, 0.2) is 54.6 Å². The van der Waals surface area contributed by atoms with Crippen molar-refractivity contribution in [2.24, 2.45) is 0 Å². The molecule has 1 atom stereocenters. The Kier molecular flexibility index (Phi) is 2.80. The van der Waals surface area contributed by atoms with Crippen LogP contribution in [0.1, 0.15) is 27.0 Å². The lowest BCUT2D eigenvalue weighted by Crippen LogP contribution is -2.24. The summed E-state index contributed by atoms with van der Waals surface area (Å²) in [6, 6.07) is 17.4. The van der Waals surface area contributed by atoms with Gasteiger partial charge in [0.1, 0.15) is 5.50 Å². The fraction of sp³-hybridized carbons (Fsp3) is 0.133. The van der Waals surface area contributed by atoms with Crippen molar-refractivity contribution in [3.63, 3.8) is 0 Å². The molecule has 0 aliphatic carbocycles. The molecule has 1 aliphatic heterocycles. The van der Waals surface area contributed by atoms with E-state index in [-0.39, 0.29) is 11.4 Å². The summed E-state index contributed by atoms with van der Waals surface area (Å²) in [6.07, 6.45) is 0. The molecule has 0 fully saturated rings. The number of halogens is 1. The van der Waals surface area contributed by atoms with E-state index in [0.29, 0.717) is 12.1 Å². The summed E-state index contributed by atoms with van der Waals surface area (Å²) in [4.78, 5) is 13.9. The second kappa shape index (κ2) is 4.46. The molecule has 0 spiro atoms. The first kappa shape index (κ1) is 11.3. The number of carbonyl (C=O) groups excluding carboxylic acids is 1. The lowest BCUT2D eigenvalue weighted by molar-refractivity contribution is 0.0758. The number of benzene rings is 2. The van der Waals surface area contributed by atoms with Gasteiger partial charge in [0.05, 0.1) is 0 Å². The molecule has 1 unspecified atom stereocenters. The Morgan fingerprint density at radius 1 is 1.00 bits per heavy atom. The average molecular weight is 258 g/mol. The van der Waals surface area contributed by atoms with E-state index in [2.05, 4.69) is 0 Å². The molecule has 0 aromatic heterocycles. The van der Waals surface area contributed by atoms with Gasteiger partial charge in [0, 0.05) is 17.7 Å². The van der Waals surface area contributed by atoms with E-state index in [1.165, 1.54) is 0 Å². The molecule has 2 nitrogen and oxygen atoms in total. The van der Waals surface area contributed by atoms with E-state index < -0.39 is 0 Å². The van der Waals surface area contributed by atoms with Crippen LogP contribution in [-0.2, 0) is 6.54 Å². The summed E-state index contributed by atoms with van der Waals surface area (Å²) < 4.78 is 0. The van der Waals surface area contributed by atoms with Gasteiger partial charge in [0.15, 0.2) is 0 Å². The molecule has 0 radical (unpaired) electrons. The smallest absolute Gasteiger partial charge is 0.256 e. The number of hydrogen-bond donors (Lipinski definition) is 0. The van der Waals surface area contributed by atoms with E-state index in [4.69, 9.17) is 11.6 Å². The SMILES string of the molecule is O=C1c2ccccc2C(Cl)N1Cc1ccccc1. The average Bonchev–Trinajstić information content (AvgIpc) is 2.66. The lowest BCUT2D eigenvalue weighted by atomic mass is 10.1. The Morgan fingerprint density at radius 2 is 1.67 bits per heavy atom. The van der Waals surface area contributed by atoms with Crippen LogP contribution in [0.3, 0.4) is 0 Å². The van der Waals surface area contributed by atoms with E-state index in [9.17, 15) is 4.79 Å². The third kappa shape index (κ3) is 1.79. The number of alkyl halides is 1. The number of carbonyl (C=O) groups is 1. The molecule has 2 aromatic rings. The molecular weight excluding hydrogens is 246 g/mol. The molecule has 90 valence electrons. The second-order valence-electron chi connectivity index (χ2n) is 4.34. The van der Waals surface area contributed by atoms with Crippen LogP contribution in [0.25, 0.3) is 0 Å². The van der Waals surface area contributed by atoms with E-state index >= 15 is 0 Å². The van der Waals surface area contributed by atoms with Gasteiger partial charge in [-0.15, -0.1) is 0 Å². The van der Waals surface area contributed by atoms with Crippen LogP contribution in [-0.4, -0.2) is 10.8 Å². The van der Waals surface area contributed by atoms with Crippen molar-refractivity contribution in [2.45, 2.75) is 12.0 Å². The summed E-state index contributed by atoms with van der Waals surface area (Å²) in [5.41, 5.74) is 2.34. The molecule has 2 aromatic carbocycles. The zero-order valence-corrected chi connectivity index (χ0v) is 10.5. The van der Waals surface area contributed by atoms with Crippen molar-refractivity contribution in [1.29, 1.82) is 0 Å². The first-order valence-corrected chi connectivity index (χ1v) is 6.29. The maximum atomic E-state index is 12.3. The van der Waals surface area contributed by atoms with Crippen LogP contribution in [0.5, 0.6) is 0 Å². The predicted molar refractivity (Wildman–Crippen MR) is 71.4 cm³/mol. The largest absolute Gasteiger partial charge is 0.314 e. The lowest BCUT2D eigenvalue weighted by Gasteiger charge is -2.20. The molecule has 0 saturated heterocycles. The number of hydrogen-bond acceptors (Lipinski definition) is 1. The van der Waals surface area contributed by atoms with E-state index in [0.717, 1.165) is 11.1 Å². The highest BCUT2D eigenvalue weighted by molar-refractivity contribution is 6.24. The summed E-state index contributed by atoms with van der Waals surface area (Å²) in [5, 5.41) is 0. The Bertz CT molecular complexity index is 582. The molecule has 3 heteroatoms. The number of fused-ring (bicyclic) bond motifs is 1. The van der Waals surface area contributed by atoms with Gasteiger partial charge in [-0.2, -0.15) is 0 Å². The number of amides is 1. The van der Waals surface area contributed by atoms with Gasteiger partial charge in [0.2, 0.25) is 0 Å². The Morgan fingerprint density at radius 3 is 2.39 bits per heavy atom. The minimum Gasteiger partial charge on any atom is -0.314 e. The van der Waals surface area contributed by atoms with Gasteiger partial charge in [-0.25, -0.2) is 0 Å². The van der Waals surface area contributed by atoms with Crippen molar-refractivity contribution in [1.82, 2.24) is 4.90 Å². The highest BCUT2D eigenvalue weighted by Crippen LogP contribution is 2.37. The maximum Gasteiger partial charge on any atom is 0.256 e. The van der Waals surface area contributed by atoms with Crippen molar-refractivity contribution in [2.75, 3.05) is 0 Å². The standard InChI is InChI=1S/C15H12ClNO/c16-14-12-8-4-5-9-13(12)15(18)17(14)10-11-6-2-1-3-7-11/h1-9,14H,10H2. The third-order valence-electron chi connectivity index (χ3n) is 3.18. The second-order valence-corrected chi connectivity index (χ2v) is 4.76. The molecule has 3 rings (SSSR count). The molecule has 0 saturated carbocycles. The van der Waals surface area contributed by atoms with Crippen LogP contribution in [0.2, 0.25) is 0 Å². The van der Waals surface area contributed by atoms with Gasteiger partial charge in [0.25, 0.3) is 5.91 Å². The molecule has 0 bridgehead atoms. The number of nitrogens with zero attached hydrogens (tertiary/aromatic N) is 1. The zero-order valence-electron chi connectivity index (χ0n) is 9.71. The predicted octanol–water partition coefficient (Wildman–Crippen LogP) is 3.58. The Balaban J connectivity index is 1.91. The third-order valence-corrected chi connectivity index (χ3v) is 3.65. The van der Waals surface area contributed by atoms with Crippen LogP contribution >= 0.6 is 11.6 Å². The quantitative estimate of drug-likeness (QED) is 0.595. The fourth-order valence-electron chi connectivity index (χ4n) is 2.26. The van der Waals surface area contributed by atoms with Gasteiger partial charge >= 0.3 is 0 Å². The minimum atomic E-state index is -0.367. The Labute approximate surface area is 111 Å². The van der Waals surface area contributed by atoms with Crippen LogP contribution in [0.4, 0.5) is 0 Å². The van der Waals surface area contributed by atoms with Gasteiger partial charge in [-0.3, -0.25) is 4.79 Å². The zero-order chi connectivity index (χ0) is 12.5. The topological polar surface area (TPSA) is 20.3 Å². The molecule has 18 heavy (non-hydrogen) atoms. The van der Waals surface area contributed by atoms with Gasteiger partial charge in [-0.1, -0.05) is 60.1 Å². The van der Waals surface area contributed by atoms with E-state index in [1.807, 2.05) is 54.6 Å².